The van der Waals surface area contributed by atoms with Gasteiger partial charge in [-0.1, -0.05) is 44.2 Å². The summed E-state index contributed by atoms with van der Waals surface area (Å²) in [6, 6.07) is 14.7. The quantitative estimate of drug-likeness (QED) is 0.374. The molecule has 0 bridgehead atoms. The van der Waals surface area contributed by atoms with Crippen LogP contribution in [0.4, 0.5) is 10.5 Å². The minimum atomic E-state index is -0.741. The van der Waals surface area contributed by atoms with Crippen molar-refractivity contribution >= 4 is 29.6 Å². The molecule has 1 unspecified atom stereocenters. The number of nitrogens with zero attached hydrogens (tertiary/aromatic N) is 2. The molecular formula is C29H31N3O3. The van der Waals surface area contributed by atoms with E-state index in [0.29, 0.717) is 11.6 Å². The van der Waals surface area contributed by atoms with E-state index in [2.05, 4.69) is 49.7 Å². The lowest BCUT2D eigenvalue weighted by molar-refractivity contribution is -0.122. The molecule has 2 heterocycles. The first-order valence-electron chi connectivity index (χ1n) is 11.9. The number of aryl methyl sites for hydroxylation is 3. The Morgan fingerprint density at radius 2 is 1.57 bits per heavy atom. The highest BCUT2D eigenvalue weighted by Crippen LogP contribution is 2.29. The van der Waals surface area contributed by atoms with Crippen molar-refractivity contribution in [3.63, 3.8) is 0 Å². The van der Waals surface area contributed by atoms with Crippen LogP contribution in [0.5, 0.6) is 0 Å². The molecule has 1 aliphatic rings. The maximum atomic E-state index is 13.4. The zero-order valence-corrected chi connectivity index (χ0v) is 21.1. The molecule has 1 aliphatic heterocycles. The minimum Gasteiger partial charge on any atom is -0.317 e. The van der Waals surface area contributed by atoms with Gasteiger partial charge >= 0.3 is 6.03 Å². The third-order valence-electron chi connectivity index (χ3n) is 6.87. The zero-order valence-electron chi connectivity index (χ0n) is 21.1. The first kappa shape index (κ1) is 24.2. The number of hydrogen-bond acceptors (Lipinski definition) is 3. The Hall–Kier alpha value is -3.93. The van der Waals surface area contributed by atoms with Crippen molar-refractivity contribution in [3.05, 3.63) is 87.7 Å². The van der Waals surface area contributed by atoms with Gasteiger partial charge in [-0.15, -0.1) is 0 Å². The Balaban J connectivity index is 1.74. The monoisotopic (exact) mass is 469 g/mol. The highest BCUT2D eigenvalue weighted by Gasteiger charge is 2.37. The number of amides is 4. The molecule has 6 heteroatoms. The largest absolute Gasteiger partial charge is 0.335 e. The molecule has 0 aliphatic carbocycles. The van der Waals surface area contributed by atoms with Gasteiger partial charge in [-0.2, -0.15) is 0 Å². The molecule has 0 radical (unpaired) electrons. The number of nitrogens with one attached hydrogen (secondary N) is 1. The predicted molar refractivity (Wildman–Crippen MR) is 139 cm³/mol. The van der Waals surface area contributed by atoms with E-state index in [0.717, 1.165) is 50.6 Å². The molecule has 6 nitrogen and oxygen atoms in total. The summed E-state index contributed by atoms with van der Waals surface area (Å²) in [5.74, 6) is -0.949. The van der Waals surface area contributed by atoms with Crippen molar-refractivity contribution in [2.24, 2.45) is 0 Å². The molecule has 180 valence electrons. The third kappa shape index (κ3) is 4.32. The second-order valence-corrected chi connectivity index (χ2v) is 9.26. The van der Waals surface area contributed by atoms with E-state index in [1.807, 2.05) is 38.1 Å². The van der Waals surface area contributed by atoms with Crippen LogP contribution in [-0.2, 0) is 9.59 Å². The van der Waals surface area contributed by atoms with Crippen LogP contribution < -0.4 is 10.2 Å². The van der Waals surface area contributed by atoms with Crippen LogP contribution in [0.25, 0.3) is 11.8 Å². The molecular weight excluding hydrogens is 438 g/mol. The van der Waals surface area contributed by atoms with Crippen molar-refractivity contribution in [1.82, 2.24) is 9.88 Å². The number of aromatic nitrogens is 1. The molecule has 1 aromatic heterocycles. The lowest BCUT2D eigenvalue weighted by atomic mass is 9.98. The van der Waals surface area contributed by atoms with Gasteiger partial charge in [-0.05, 0) is 86.6 Å². The summed E-state index contributed by atoms with van der Waals surface area (Å²) in [6.45, 7) is 12.3. The lowest BCUT2D eigenvalue weighted by Gasteiger charge is -2.26. The number of benzene rings is 2. The molecule has 0 spiro atoms. The number of para-hydroxylation sites is 1. The number of imide groups is 2. The first-order valence-corrected chi connectivity index (χ1v) is 11.9. The molecule has 0 saturated carbocycles. The maximum absolute atomic E-state index is 13.4. The van der Waals surface area contributed by atoms with Crippen LogP contribution in [-0.4, -0.2) is 22.4 Å². The van der Waals surface area contributed by atoms with Crippen LogP contribution in [0.1, 0.15) is 59.8 Å². The second kappa shape index (κ2) is 9.37. The summed E-state index contributed by atoms with van der Waals surface area (Å²) in [4.78, 5) is 39.7. The minimum absolute atomic E-state index is 0.0719. The number of hydrogen-bond donors (Lipinski definition) is 1. The van der Waals surface area contributed by atoms with Crippen LogP contribution in [0.15, 0.2) is 54.1 Å². The van der Waals surface area contributed by atoms with Crippen molar-refractivity contribution < 1.29 is 14.4 Å². The average molecular weight is 470 g/mol. The summed E-state index contributed by atoms with van der Waals surface area (Å²) in [6.07, 6.45) is 2.57. The Morgan fingerprint density at radius 3 is 2.17 bits per heavy atom. The van der Waals surface area contributed by atoms with E-state index < -0.39 is 17.8 Å². The van der Waals surface area contributed by atoms with Crippen molar-refractivity contribution in [2.75, 3.05) is 4.90 Å². The van der Waals surface area contributed by atoms with E-state index in [9.17, 15) is 14.4 Å². The number of barbiturate groups is 1. The highest BCUT2D eigenvalue weighted by molar-refractivity contribution is 6.39. The predicted octanol–water partition coefficient (Wildman–Crippen LogP) is 5.89. The number of rotatable bonds is 5. The van der Waals surface area contributed by atoms with E-state index in [1.54, 1.807) is 18.2 Å². The first-order chi connectivity index (χ1) is 16.6. The van der Waals surface area contributed by atoms with E-state index in [-0.39, 0.29) is 5.57 Å². The van der Waals surface area contributed by atoms with Gasteiger partial charge in [0.25, 0.3) is 11.8 Å². The maximum Gasteiger partial charge on any atom is 0.335 e. The lowest BCUT2D eigenvalue weighted by Crippen LogP contribution is -2.54. The Labute approximate surface area is 206 Å². The van der Waals surface area contributed by atoms with E-state index in [1.165, 1.54) is 0 Å². The molecule has 35 heavy (non-hydrogen) atoms. The topological polar surface area (TPSA) is 71.4 Å². The summed E-state index contributed by atoms with van der Waals surface area (Å²) in [5.41, 5.74) is 7.50. The molecule has 4 rings (SSSR count). The van der Waals surface area contributed by atoms with Crippen LogP contribution in [0.2, 0.25) is 0 Å². The van der Waals surface area contributed by atoms with E-state index >= 15 is 0 Å². The molecule has 4 amide bonds. The Bertz CT molecular complexity index is 1340. The molecule has 1 atom stereocenters. The van der Waals surface area contributed by atoms with Gasteiger partial charge in [0.1, 0.15) is 5.57 Å². The summed E-state index contributed by atoms with van der Waals surface area (Å²) in [7, 11) is 0. The number of carbonyl (C=O) groups is 3. The second-order valence-electron chi connectivity index (χ2n) is 9.26. The van der Waals surface area contributed by atoms with Crippen LogP contribution >= 0.6 is 0 Å². The fraction of sp³-hybridized carbons (Fsp3) is 0.276. The number of anilines is 1. The van der Waals surface area contributed by atoms with Gasteiger partial charge in [0, 0.05) is 11.4 Å². The fourth-order valence-corrected chi connectivity index (χ4v) is 4.67. The van der Waals surface area contributed by atoms with Gasteiger partial charge in [0.2, 0.25) is 0 Å². The fourth-order valence-electron chi connectivity index (χ4n) is 4.67. The molecule has 1 fully saturated rings. The van der Waals surface area contributed by atoms with Crippen molar-refractivity contribution in [2.45, 2.75) is 53.9 Å². The molecule has 2 aromatic carbocycles. The summed E-state index contributed by atoms with van der Waals surface area (Å²) in [5, 5.41) is 2.32. The van der Waals surface area contributed by atoms with Gasteiger partial charge in [0.15, 0.2) is 0 Å². The van der Waals surface area contributed by atoms with Gasteiger partial charge < -0.3 is 4.57 Å². The smallest absolute Gasteiger partial charge is 0.317 e. The highest BCUT2D eigenvalue weighted by atomic mass is 16.2. The van der Waals surface area contributed by atoms with Gasteiger partial charge in [0.05, 0.1) is 11.4 Å². The SMILES string of the molecule is CCC(C)c1ccc(N2C(=O)NC(=O)/C(=C/c3cc(C)n(-c4c(C)cccc4C)c3C)C2=O)cc1. The third-order valence-corrected chi connectivity index (χ3v) is 6.87. The van der Waals surface area contributed by atoms with Crippen molar-refractivity contribution in [1.29, 1.82) is 0 Å². The Kier molecular flexibility index (Phi) is 6.48. The van der Waals surface area contributed by atoms with Gasteiger partial charge in [-0.3, -0.25) is 14.9 Å². The van der Waals surface area contributed by atoms with Gasteiger partial charge in [-0.25, -0.2) is 9.69 Å². The number of carbonyl (C=O) groups excluding carboxylic acids is 3. The normalized spacial score (nSPS) is 16.1. The molecule has 1 N–H and O–H groups in total. The van der Waals surface area contributed by atoms with Crippen LogP contribution in [0, 0.1) is 27.7 Å². The standard InChI is InChI=1S/C29H31N3O3/c1-7-17(2)22-11-13-24(14-12-22)32-28(34)25(27(33)30-29(32)35)16-23-15-20(5)31(21(23)6)26-18(3)9-8-10-19(26)4/h8-17H,7H2,1-6H3,(H,30,33,35)/b25-16-. The number of urea groups is 1. The summed E-state index contributed by atoms with van der Waals surface area (Å²) >= 11 is 0. The van der Waals surface area contributed by atoms with Crippen molar-refractivity contribution in [3.8, 4) is 5.69 Å². The summed E-state index contributed by atoms with van der Waals surface area (Å²) < 4.78 is 2.14. The average Bonchev–Trinajstić information content (AvgIpc) is 3.09. The van der Waals surface area contributed by atoms with E-state index in [4.69, 9.17) is 0 Å². The molecule has 1 saturated heterocycles. The van der Waals surface area contributed by atoms with Crippen LogP contribution in [0.3, 0.4) is 0 Å². The zero-order chi connectivity index (χ0) is 25.4. The Morgan fingerprint density at radius 1 is 0.943 bits per heavy atom. The molecule has 3 aromatic rings.